The fourth-order valence-corrected chi connectivity index (χ4v) is 5.44. The van der Waals surface area contributed by atoms with Gasteiger partial charge in [0.1, 0.15) is 6.04 Å². The highest BCUT2D eigenvalue weighted by Crippen LogP contribution is 2.31. The molecule has 1 atom stereocenters. The van der Waals surface area contributed by atoms with Crippen molar-refractivity contribution in [2.45, 2.75) is 39.3 Å². The van der Waals surface area contributed by atoms with Crippen molar-refractivity contribution in [3.05, 3.63) is 59.2 Å². The van der Waals surface area contributed by atoms with Crippen molar-refractivity contribution in [3.8, 4) is 0 Å². The van der Waals surface area contributed by atoms with E-state index in [2.05, 4.69) is 5.32 Å². The number of sulfonamides is 1. The summed E-state index contributed by atoms with van der Waals surface area (Å²) < 4.78 is 26.7. The Morgan fingerprint density at radius 2 is 1.83 bits per heavy atom. The minimum absolute atomic E-state index is 0.00757. The molecular formula is C22H25N3O4S. The molecular weight excluding hydrogens is 402 g/mol. The summed E-state index contributed by atoms with van der Waals surface area (Å²) in [6.07, 6.45) is 1.07. The molecule has 1 N–H and O–H groups in total. The summed E-state index contributed by atoms with van der Waals surface area (Å²) in [5.41, 5.74) is 4.39. The molecule has 0 fully saturated rings. The second kappa shape index (κ2) is 7.85. The Labute approximate surface area is 176 Å². The molecule has 158 valence electrons. The highest BCUT2D eigenvalue weighted by Gasteiger charge is 2.38. The molecule has 0 radical (unpaired) electrons. The Bertz CT molecular complexity index is 1110. The lowest BCUT2D eigenvalue weighted by Gasteiger charge is -2.34. The smallest absolute Gasteiger partial charge is 0.243 e. The third-order valence-corrected chi connectivity index (χ3v) is 7.68. The Morgan fingerprint density at radius 1 is 1.10 bits per heavy atom. The van der Waals surface area contributed by atoms with E-state index in [1.54, 1.807) is 17.9 Å². The molecule has 4 rings (SSSR count). The predicted octanol–water partition coefficient (Wildman–Crippen LogP) is 2.31. The van der Waals surface area contributed by atoms with Crippen LogP contribution in [0.3, 0.4) is 0 Å². The third-order valence-electron chi connectivity index (χ3n) is 5.85. The number of amides is 2. The number of rotatable bonds is 4. The highest BCUT2D eigenvalue weighted by molar-refractivity contribution is 7.89. The van der Waals surface area contributed by atoms with Gasteiger partial charge < -0.3 is 10.2 Å². The van der Waals surface area contributed by atoms with Gasteiger partial charge in [-0.25, -0.2) is 8.42 Å². The van der Waals surface area contributed by atoms with E-state index >= 15 is 0 Å². The van der Waals surface area contributed by atoms with Gasteiger partial charge in [0.2, 0.25) is 21.8 Å². The number of nitrogens with one attached hydrogen (secondary N) is 1. The van der Waals surface area contributed by atoms with E-state index in [1.807, 2.05) is 36.4 Å². The van der Waals surface area contributed by atoms with Crippen LogP contribution >= 0.6 is 0 Å². The lowest BCUT2D eigenvalue weighted by molar-refractivity contribution is -0.120. The van der Waals surface area contributed by atoms with Gasteiger partial charge in [-0.2, -0.15) is 4.31 Å². The largest absolute Gasteiger partial charge is 0.325 e. The summed E-state index contributed by atoms with van der Waals surface area (Å²) >= 11 is 0. The third kappa shape index (κ3) is 3.73. The average molecular weight is 428 g/mol. The predicted molar refractivity (Wildman–Crippen MR) is 116 cm³/mol. The number of carbonyl (C=O) groups is 2. The van der Waals surface area contributed by atoms with E-state index in [0.717, 1.165) is 28.8 Å². The second-order valence-electron chi connectivity index (χ2n) is 7.69. The van der Waals surface area contributed by atoms with E-state index in [-0.39, 0.29) is 24.1 Å². The molecule has 2 amide bonds. The van der Waals surface area contributed by atoms with Crippen molar-refractivity contribution in [2.75, 3.05) is 22.5 Å². The van der Waals surface area contributed by atoms with Crippen LogP contribution in [0.25, 0.3) is 0 Å². The first-order valence-corrected chi connectivity index (χ1v) is 11.7. The molecule has 0 aromatic heterocycles. The summed E-state index contributed by atoms with van der Waals surface area (Å²) in [5, 5.41) is 2.89. The van der Waals surface area contributed by atoms with Crippen molar-refractivity contribution in [2.24, 2.45) is 0 Å². The Morgan fingerprint density at radius 3 is 2.53 bits per heavy atom. The molecule has 2 heterocycles. The quantitative estimate of drug-likeness (QED) is 0.811. The lowest BCUT2D eigenvalue weighted by atomic mass is 9.95. The number of nitrogens with zero attached hydrogens (tertiary/aromatic N) is 2. The van der Waals surface area contributed by atoms with Crippen molar-refractivity contribution in [1.29, 1.82) is 0 Å². The van der Waals surface area contributed by atoms with Crippen LogP contribution in [0.1, 0.15) is 30.5 Å². The van der Waals surface area contributed by atoms with Gasteiger partial charge in [-0.1, -0.05) is 24.3 Å². The first kappa shape index (κ1) is 20.6. The number of carbonyl (C=O) groups excluding carboxylic acids is 2. The van der Waals surface area contributed by atoms with Crippen molar-refractivity contribution in [3.63, 3.8) is 0 Å². The first-order chi connectivity index (χ1) is 14.3. The molecule has 7 nitrogen and oxygen atoms in total. The van der Waals surface area contributed by atoms with E-state index in [1.165, 1.54) is 11.2 Å². The van der Waals surface area contributed by atoms with Crippen molar-refractivity contribution >= 4 is 33.2 Å². The number of anilines is 2. The zero-order chi connectivity index (χ0) is 21.5. The number of fused-ring (bicyclic) bond motifs is 2. The summed E-state index contributed by atoms with van der Waals surface area (Å²) in [6, 6.07) is 12.3. The maximum atomic E-state index is 13.1. The van der Waals surface area contributed by atoms with Crippen molar-refractivity contribution < 1.29 is 18.0 Å². The minimum atomic E-state index is -3.55. The normalized spacial score (nSPS) is 18.6. The van der Waals surface area contributed by atoms with Crippen LogP contribution in [0.15, 0.2) is 42.5 Å². The standard InChI is InChI=1S/C22H25N3O4S/c1-3-30(28,29)25-14-18-7-5-4-6-16(18)13-21(25)22(27)23-19-8-9-20-17(12-19)10-11-24(20)15(2)26/h4-9,12,21H,3,10-11,13-14H2,1-2H3,(H,23,27)/t21-/m1/s1. The molecule has 2 aromatic rings. The van der Waals surface area contributed by atoms with Crippen LogP contribution < -0.4 is 10.2 Å². The molecule has 0 bridgehead atoms. The molecule has 0 unspecified atom stereocenters. The number of benzene rings is 2. The van der Waals surface area contributed by atoms with Gasteiger partial charge >= 0.3 is 0 Å². The summed E-state index contributed by atoms with van der Waals surface area (Å²) in [4.78, 5) is 26.6. The van der Waals surface area contributed by atoms with Gasteiger partial charge in [0, 0.05) is 31.4 Å². The molecule has 30 heavy (non-hydrogen) atoms. The van der Waals surface area contributed by atoms with Crippen molar-refractivity contribution in [1.82, 2.24) is 4.31 Å². The molecule has 8 heteroatoms. The Balaban J connectivity index is 1.59. The highest BCUT2D eigenvalue weighted by atomic mass is 32.2. The maximum Gasteiger partial charge on any atom is 0.243 e. The zero-order valence-electron chi connectivity index (χ0n) is 17.1. The first-order valence-electron chi connectivity index (χ1n) is 10.1. The van der Waals surface area contributed by atoms with Gasteiger partial charge in [-0.05, 0) is 54.7 Å². The van der Waals surface area contributed by atoms with Gasteiger partial charge in [0.25, 0.3) is 0 Å². The summed E-state index contributed by atoms with van der Waals surface area (Å²) in [6.45, 7) is 3.95. The van der Waals surface area contributed by atoms with Gasteiger partial charge in [-0.15, -0.1) is 0 Å². The SMILES string of the molecule is CCS(=O)(=O)N1Cc2ccccc2C[C@@H]1C(=O)Nc1ccc2c(c1)CCN2C(C)=O. The molecule has 0 saturated carbocycles. The fraction of sp³-hybridized carbons (Fsp3) is 0.364. The molecule has 2 aliphatic rings. The molecule has 2 aromatic carbocycles. The van der Waals surface area contributed by atoms with E-state index in [0.29, 0.717) is 18.7 Å². The fourth-order valence-electron chi connectivity index (χ4n) is 4.21. The van der Waals surface area contributed by atoms with Crippen LogP contribution in [0.5, 0.6) is 0 Å². The van der Waals surface area contributed by atoms with Gasteiger partial charge in [0.15, 0.2) is 0 Å². The lowest BCUT2D eigenvalue weighted by Crippen LogP contribution is -2.51. The van der Waals surface area contributed by atoms with Gasteiger partial charge in [-0.3, -0.25) is 9.59 Å². The second-order valence-corrected chi connectivity index (χ2v) is 9.90. The van der Waals surface area contributed by atoms with E-state index in [4.69, 9.17) is 0 Å². The monoisotopic (exact) mass is 427 g/mol. The Kier molecular flexibility index (Phi) is 5.38. The van der Waals surface area contributed by atoms with E-state index < -0.39 is 16.1 Å². The molecule has 0 aliphatic carbocycles. The number of hydrogen-bond donors (Lipinski definition) is 1. The topological polar surface area (TPSA) is 86.8 Å². The van der Waals surface area contributed by atoms with Crippen LogP contribution in [-0.2, 0) is 39.0 Å². The van der Waals surface area contributed by atoms with Crippen LogP contribution in [0.2, 0.25) is 0 Å². The average Bonchev–Trinajstić information content (AvgIpc) is 3.16. The number of hydrogen-bond acceptors (Lipinski definition) is 4. The van der Waals surface area contributed by atoms with Gasteiger partial charge in [0.05, 0.1) is 5.75 Å². The van der Waals surface area contributed by atoms with E-state index in [9.17, 15) is 18.0 Å². The Hall–Kier alpha value is -2.71. The zero-order valence-corrected chi connectivity index (χ0v) is 17.9. The van der Waals surface area contributed by atoms with Crippen LogP contribution in [-0.4, -0.2) is 42.9 Å². The maximum absolute atomic E-state index is 13.1. The summed E-state index contributed by atoms with van der Waals surface area (Å²) in [5.74, 6) is -0.409. The summed E-state index contributed by atoms with van der Waals surface area (Å²) in [7, 11) is -3.55. The van der Waals surface area contributed by atoms with Crippen LogP contribution in [0.4, 0.5) is 11.4 Å². The minimum Gasteiger partial charge on any atom is -0.325 e. The molecule has 2 aliphatic heterocycles. The molecule has 0 saturated heterocycles. The van der Waals surface area contributed by atoms with Crippen LogP contribution in [0, 0.1) is 0 Å². The molecule has 0 spiro atoms.